The van der Waals surface area contributed by atoms with Gasteiger partial charge in [0.25, 0.3) is 0 Å². The molecule has 0 heterocycles. The highest BCUT2D eigenvalue weighted by Gasteiger charge is 2.18. The first kappa shape index (κ1) is 16.5. The molecule has 0 aliphatic rings. The summed E-state index contributed by atoms with van der Waals surface area (Å²) in [6.45, 7) is 4.36. The van der Waals surface area contributed by atoms with E-state index in [9.17, 15) is 5.11 Å². The standard InChI is InChI=1S/C16H25BrO2/c1-4-6-13(7-5-2)15(18)11-12-8-9-16(19-3)14(17)10-12/h8-10,13,15,18H,4-7,11H2,1-3H3. The largest absolute Gasteiger partial charge is 0.496 e. The molecule has 1 aromatic rings. The Kier molecular flexibility index (Phi) is 7.47. The van der Waals surface area contributed by atoms with Crippen LogP contribution in [0.25, 0.3) is 0 Å². The highest BCUT2D eigenvalue weighted by Crippen LogP contribution is 2.27. The van der Waals surface area contributed by atoms with Gasteiger partial charge in [-0.2, -0.15) is 0 Å². The molecule has 0 radical (unpaired) electrons. The van der Waals surface area contributed by atoms with Gasteiger partial charge in [-0.15, -0.1) is 0 Å². The average Bonchev–Trinajstić information content (AvgIpc) is 2.38. The minimum absolute atomic E-state index is 0.250. The normalized spacial score (nSPS) is 12.7. The van der Waals surface area contributed by atoms with Crippen LogP contribution in [-0.4, -0.2) is 18.3 Å². The van der Waals surface area contributed by atoms with Gasteiger partial charge in [0, 0.05) is 0 Å². The van der Waals surface area contributed by atoms with E-state index in [0.29, 0.717) is 12.3 Å². The fourth-order valence-corrected chi connectivity index (χ4v) is 3.10. The summed E-state index contributed by atoms with van der Waals surface area (Å²) in [7, 11) is 1.66. The summed E-state index contributed by atoms with van der Waals surface area (Å²) in [6.07, 6.45) is 4.94. The van der Waals surface area contributed by atoms with E-state index in [0.717, 1.165) is 41.5 Å². The molecule has 2 nitrogen and oxygen atoms in total. The Morgan fingerprint density at radius 2 is 1.84 bits per heavy atom. The van der Waals surface area contributed by atoms with Crippen LogP contribution in [0.4, 0.5) is 0 Å². The van der Waals surface area contributed by atoms with Crippen LogP contribution in [0.1, 0.15) is 45.1 Å². The zero-order valence-electron chi connectivity index (χ0n) is 12.2. The Labute approximate surface area is 125 Å². The summed E-state index contributed by atoms with van der Waals surface area (Å²) >= 11 is 3.49. The molecule has 1 atom stereocenters. The molecule has 3 heteroatoms. The molecule has 0 fully saturated rings. The molecule has 1 N–H and O–H groups in total. The predicted octanol–water partition coefficient (Wildman–Crippen LogP) is 4.58. The predicted molar refractivity (Wildman–Crippen MR) is 83.7 cm³/mol. The molecule has 1 rings (SSSR count). The van der Waals surface area contributed by atoms with Gasteiger partial charge in [-0.25, -0.2) is 0 Å². The lowest BCUT2D eigenvalue weighted by atomic mass is 9.89. The molecule has 0 aliphatic carbocycles. The first-order valence-electron chi connectivity index (χ1n) is 7.12. The molecule has 0 aromatic heterocycles. The Bertz CT molecular complexity index is 373. The number of benzene rings is 1. The highest BCUT2D eigenvalue weighted by molar-refractivity contribution is 9.10. The number of aliphatic hydroxyl groups is 1. The fraction of sp³-hybridized carbons (Fsp3) is 0.625. The summed E-state index contributed by atoms with van der Waals surface area (Å²) in [5.41, 5.74) is 1.15. The lowest BCUT2D eigenvalue weighted by Gasteiger charge is -2.22. The van der Waals surface area contributed by atoms with Gasteiger partial charge in [-0.1, -0.05) is 32.8 Å². The maximum Gasteiger partial charge on any atom is 0.133 e. The Balaban J connectivity index is 2.68. The van der Waals surface area contributed by atoms with Crippen molar-refractivity contribution in [2.45, 2.75) is 52.1 Å². The fourth-order valence-electron chi connectivity index (χ4n) is 2.52. The van der Waals surface area contributed by atoms with E-state index in [1.807, 2.05) is 18.2 Å². The molecule has 0 aliphatic heterocycles. The Morgan fingerprint density at radius 3 is 2.32 bits per heavy atom. The number of aliphatic hydroxyl groups excluding tert-OH is 1. The molecule has 0 saturated heterocycles. The lowest BCUT2D eigenvalue weighted by Crippen LogP contribution is -2.22. The molecular formula is C16H25BrO2. The van der Waals surface area contributed by atoms with Crippen LogP contribution in [-0.2, 0) is 6.42 Å². The van der Waals surface area contributed by atoms with E-state index < -0.39 is 0 Å². The highest BCUT2D eigenvalue weighted by atomic mass is 79.9. The SMILES string of the molecule is CCCC(CCC)C(O)Cc1ccc(OC)c(Br)c1. The summed E-state index contributed by atoms with van der Waals surface area (Å²) in [4.78, 5) is 0. The molecule has 108 valence electrons. The van der Waals surface area contributed by atoms with E-state index in [1.165, 1.54) is 0 Å². The number of methoxy groups -OCH3 is 1. The third-order valence-corrected chi connectivity index (χ3v) is 4.14. The zero-order chi connectivity index (χ0) is 14.3. The first-order valence-corrected chi connectivity index (χ1v) is 7.92. The molecule has 19 heavy (non-hydrogen) atoms. The topological polar surface area (TPSA) is 29.5 Å². The van der Waals surface area contributed by atoms with Crippen LogP contribution in [0.3, 0.4) is 0 Å². The maximum absolute atomic E-state index is 10.4. The van der Waals surface area contributed by atoms with Crippen LogP contribution in [0.2, 0.25) is 0 Å². The van der Waals surface area contributed by atoms with Crippen molar-refractivity contribution >= 4 is 15.9 Å². The van der Waals surface area contributed by atoms with Crippen molar-refractivity contribution < 1.29 is 9.84 Å². The van der Waals surface area contributed by atoms with Crippen LogP contribution in [0, 0.1) is 5.92 Å². The van der Waals surface area contributed by atoms with Gasteiger partial charge in [0.15, 0.2) is 0 Å². The average molecular weight is 329 g/mol. The van der Waals surface area contributed by atoms with Crippen molar-refractivity contribution in [2.24, 2.45) is 5.92 Å². The third kappa shape index (κ3) is 5.15. The summed E-state index contributed by atoms with van der Waals surface area (Å²) in [6, 6.07) is 6.01. The molecule has 0 amide bonds. The molecule has 1 aromatic carbocycles. The number of hydrogen-bond acceptors (Lipinski definition) is 2. The third-order valence-electron chi connectivity index (χ3n) is 3.52. The van der Waals surface area contributed by atoms with Crippen molar-refractivity contribution in [3.63, 3.8) is 0 Å². The van der Waals surface area contributed by atoms with Crippen molar-refractivity contribution in [1.82, 2.24) is 0 Å². The van der Waals surface area contributed by atoms with Gasteiger partial charge in [-0.05, 0) is 58.8 Å². The van der Waals surface area contributed by atoms with Crippen molar-refractivity contribution in [1.29, 1.82) is 0 Å². The quantitative estimate of drug-likeness (QED) is 0.756. The Morgan fingerprint density at radius 1 is 1.21 bits per heavy atom. The van der Waals surface area contributed by atoms with Crippen molar-refractivity contribution in [2.75, 3.05) is 7.11 Å². The molecule has 0 saturated carbocycles. The minimum Gasteiger partial charge on any atom is -0.496 e. The molecule has 0 spiro atoms. The number of halogens is 1. The second-order valence-corrected chi connectivity index (χ2v) is 5.93. The van der Waals surface area contributed by atoms with Crippen LogP contribution in [0.15, 0.2) is 22.7 Å². The van der Waals surface area contributed by atoms with Gasteiger partial charge < -0.3 is 9.84 Å². The Hall–Kier alpha value is -0.540. The van der Waals surface area contributed by atoms with Crippen LogP contribution >= 0.6 is 15.9 Å². The van der Waals surface area contributed by atoms with Crippen molar-refractivity contribution in [3.8, 4) is 5.75 Å². The first-order chi connectivity index (χ1) is 9.12. The van der Waals surface area contributed by atoms with Crippen LogP contribution in [0.5, 0.6) is 5.75 Å². The van der Waals surface area contributed by atoms with Gasteiger partial charge >= 0.3 is 0 Å². The van der Waals surface area contributed by atoms with E-state index >= 15 is 0 Å². The lowest BCUT2D eigenvalue weighted by molar-refractivity contribution is 0.0963. The smallest absolute Gasteiger partial charge is 0.133 e. The summed E-state index contributed by atoms with van der Waals surface area (Å²) in [5.74, 6) is 1.24. The molecule has 1 unspecified atom stereocenters. The zero-order valence-corrected chi connectivity index (χ0v) is 13.7. The molecule has 0 bridgehead atoms. The second-order valence-electron chi connectivity index (χ2n) is 5.08. The van der Waals surface area contributed by atoms with Gasteiger partial charge in [0.1, 0.15) is 5.75 Å². The van der Waals surface area contributed by atoms with Crippen molar-refractivity contribution in [3.05, 3.63) is 28.2 Å². The van der Waals surface area contributed by atoms with E-state index in [4.69, 9.17) is 4.74 Å². The van der Waals surface area contributed by atoms with Gasteiger partial charge in [0.05, 0.1) is 17.7 Å². The van der Waals surface area contributed by atoms with Gasteiger partial charge in [0.2, 0.25) is 0 Å². The van der Waals surface area contributed by atoms with Crippen LogP contribution < -0.4 is 4.74 Å². The number of ether oxygens (including phenoxy) is 1. The number of hydrogen-bond donors (Lipinski definition) is 1. The maximum atomic E-state index is 10.4. The number of rotatable bonds is 8. The molecular weight excluding hydrogens is 304 g/mol. The van der Waals surface area contributed by atoms with Gasteiger partial charge in [-0.3, -0.25) is 0 Å². The van der Waals surface area contributed by atoms with E-state index in [-0.39, 0.29) is 6.10 Å². The van der Waals surface area contributed by atoms with E-state index in [1.54, 1.807) is 7.11 Å². The minimum atomic E-state index is -0.250. The summed E-state index contributed by atoms with van der Waals surface area (Å²) < 4.78 is 6.17. The second kappa shape index (κ2) is 8.60. The summed E-state index contributed by atoms with van der Waals surface area (Å²) in [5, 5.41) is 10.4. The van der Waals surface area contributed by atoms with E-state index in [2.05, 4.69) is 29.8 Å². The monoisotopic (exact) mass is 328 g/mol.